The van der Waals surface area contributed by atoms with Crippen molar-refractivity contribution in [3.63, 3.8) is 0 Å². The molecule has 6 nitrogen and oxygen atoms in total. The Morgan fingerprint density at radius 1 is 1.11 bits per heavy atom. The van der Waals surface area contributed by atoms with Crippen LogP contribution in [0.2, 0.25) is 0 Å². The topological polar surface area (TPSA) is 76.6 Å². The molecular weight excluding hydrogens is 396 g/mol. The number of amides is 2. The molecule has 0 radical (unpaired) electrons. The number of imide groups is 1. The lowest BCUT2D eigenvalue weighted by Crippen LogP contribution is -2.32. The van der Waals surface area contributed by atoms with E-state index in [-0.39, 0.29) is 24.5 Å². The summed E-state index contributed by atoms with van der Waals surface area (Å²) in [6.07, 6.45) is 2.71. The molecule has 160 valence electrons. The summed E-state index contributed by atoms with van der Waals surface area (Å²) in [5.74, 6) is -1.46. The molecule has 2 heterocycles. The fourth-order valence-electron chi connectivity index (χ4n) is 1.70. The lowest BCUT2D eigenvalue weighted by molar-refractivity contribution is -0.197. The van der Waals surface area contributed by atoms with E-state index >= 15 is 0 Å². The third-order valence-electron chi connectivity index (χ3n) is 2.89. The Balaban J connectivity index is 0. The van der Waals surface area contributed by atoms with Crippen LogP contribution in [-0.2, 0) is 19.2 Å². The van der Waals surface area contributed by atoms with Crippen molar-refractivity contribution in [2.45, 2.75) is 84.4 Å². The first-order valence-corrected chi connectivity index (χ1v) is 12.1. The Labute approximate surface area is 177 Å². The highest BCUT2D eigenvalue weighted by Crippen LogP contribution is 2.34. The molecule has 0 spiro atoms. The van der Waals surface area contributed by atoms with Gasteiger partial charge in [0, 0.05) is 30.7 Å². The summed E-state index contributed by atoms with van der Waals surface area (Å²) in [6, 6.07) is 5.69. The molecule has 8 heteroatoms. The predicted octanol–water partition coefficient (Wildman–Crippen LogP) is 5.68. The normalized spacial score (nSPS) is 13.2. The molecule has 2 amide bonds. The second-order valence-electron chi connectivity index (χ2n) is 4.74. The Kier molecular flexibility index (Phi) is 19.3. The lowest BCUT2D eigenvalue weighted by atomic mass is 10.2. The van der Waals surface area contributed by atoms with Crippen LogP contribution in [0.4, 0.5) is 0 Å². The third kappa shape index (κ3) is 12.0. The summed E-state index contributed by atoms with van der Waals surface area (Å²) >= 11 is 0. The highest BCUT2D eigenvalue weighted by atomic mass is 33.1. The average molecular weight is 431 g/mol. The number of carbonyl (C=O) groups is 3. The van der Waals surface area contributed by atoms with Gasteiger partial charge in [0.15, 0.2) is 0 Å². The number of rotatable bonds is 7. The molecule has 1 aromatic heterocycles. The molecule has 0 N–H and O–H groups in total. The maximum Gasteiger partial charge on any atom is 0.333 e. The zero-order chi connectivity index (χ0) is 21.9. The van der Waals surface area contributed by atoms with Gasteiger partial charge in [-0.25, -0.2) is 9.78 Å². The molecule has 1 fully saturated rings. The van der Waals surface area contributed by atoms with E-state index in [0.717, 1.165) is 5.03 Å². The first-order valence-electron chi connectivity index (χ1n) is 9.87. The van der Waals surface area contributed by atoms with Gasteiger partial charge in [0.25, 0.3) is 11.8 Å². The van der Waals surface area contributed by atoms with Gasteiger partial charge < -0.3 is 4.84 Å². The Morgan fingerprint density at radius 2 is 1.68 bits per heavy atom. The molecule has 0 bridgehead atoms. The van der Waals surface area contributed by atoms with E-state index in [1.165, 1.54) is 0 Å². The number of carbonyl (C=O) groups excluding carboxylic acids is 3. The Morgan fingerprint density at radius 3 is 2.18 bits per heavy atom. The van der Waals surface area contributed by atoms with Crippen LogP contribution in [0, 0.1) is 0 Å². The van der Waals surface area contributed by atoms with Crippen LogP contribution in [0.15, 0.2) is 29.4 Å². The van der Waals surface area contributed by atoms with Gasteiger partial charge in [0.05, 0.1) is 0 Å². The summed E-state index contributed by atoms with van der Waals surface area (Å²) in [5, 5.41) is 1.71. The van der Waals surface area contributed by atoms with Crippen LogP contribution in [0.5, 0.6) is 0 Å². The maximum atomic E-state index is 11.7. The van der Waals surface area contributed by atoms with E-state index in [0.29, 0.717) is 11.5 Å². The van der Waals surface area contributed by atoms with Gasteiger partial charge >= 0.3 is 5.97 Å². The van der Waals surface area contributed by atoms with Crippen molar-refractivity contribution < 1.29 is 19.2 Å². The van der Waals surface area contributed by atoms with E-state index in [1.807, 2.05) is 66.7 Å². The van der Waals surface area contributed by atoms with Gasteiger partial charge in [-0.3, -0.25) is 9.59 Å². The summed E-state index contributed by atoms with van der Waals surface area (Å²) in [7, 11) is 3.16. The molecule has 1 aromatic rings. The van der Waals surface area contributed by atoms with E-state index in [2.05, 4.69) is 4.98 Å². The van der Waals surface area contributed by atoms with Crippen molar-refractivity contribution >= 4 is 39.4 Å². The van der Waals surface area contributed by atoms with Crippen molar-refractivity contribution in [3.8, 4) is 0 Å². The van der Waals surface area contributed by atoms with Crippen LogP contribution in [-0.4, -0.2) is 33.1 Å². The molecule has 1 unspecified atom stereocenters. The maximum absolute atomic E-state index is 11.7. The zero-order valence-corrected chi connectivity index (χ0v) is 19.7. The van der Waals surface area contributed by atoms with E-state index in [1.54, 1.807) is 27.8 Å². The van der Waals surface area contributed by atoms with Crippen LogP contribution in [0.1, 0.15) is 74.1 Å². The Bertz CT molecular complexity index is 540. The van der Waals surface area contributed by atoms with E-state index in [9.17, 15) is 14.4 Å². The fraction of sp³-hybridized carbons (Fsp3) is 0.600. The monoisotopic (exact) mass is 430 g/mol. The summed E-state index contributed by atoms with van der Waals surface area (Å²) in [4.78, 5) is 43.4. The van der Waals surface area contributed by atoms with Crippen LogP contribution < -0.4 is 0 Å². The molecule has 1 aliphatic heterocycles. The average Bonchev–Trinajstić information content (AvgIpc) is 3.08. The first kappa shape index (κ1) is 28.7. The highest BCUT2D eigenvalue weighted by molar-refractivity contribution is 8.76. The van der Waals surface area contributed by atoms with Gasteiger partial charge in [0.2, 0.25) is 0 Å². The minimum Gasteiger partial charge on any atom is -0.330 e. The van der Waals surface area contributed by atoms with Crippen LogP contribution in [0.3, 0.4) is 0 Å². The van der Waals surface area contributed by atoms with E-state index in [4.69, 9.17) is 4.84 Å². The molecule has 1 atom stereocenters. The van der Waals surface area contributed by atoms with Crippen molar-refractivity contribution in [1.82, 2.24) is 10.0 Å². The molecule has 1 aliphatic rings. The molecule has 1 saturated heterocycles. The van der Waals surface area contributed by atoms with Gasteiger partial charge in [-0.05, 0) is 29.3 Å². The summed E-state index contributed by atoms with van der Waals surface area (Å²) < 4.78 is 0. The predicted molar refractivity (Wildman–Crippen MR) is 118 cm³/mol. The fourth-order valence-corrected chi connectivity index (χ4v) is 3.79. The number of aromatic nitrogens is 1. The standard InChI is InChI=1S/C14H16N2O4S2.3C2H6/c1-10(21-22-11-4-2-3-9-15-11)5-8-14(19)20-16-12(17)6-7-13(16)18;3*1-2/h2-4,9-10H,5-8H2,1H3;3*1-2H3. The number of hydroxylamine groups is 2. The molecule has 0 aromatic carbocycles. The second kappa shape index (κ2) is 18.8. The van der Waals surface area contributed by atoms with Gasteiger partial charge in [-0.15, -0.1) is 5.06 Å². The minimum absolute atomic E-state index is 0.110. The molecular formula is C20H34N2O4S2. The lowest BCUT2D eigenvalue weighted by Gasteiger charge is -2.13. The number of pyridine rings is 1. The third-order valence-corrected chi connectivity index (χ3v) is 5.75. The number of hydrogen-bond acceptors (Lipinski definition) is 7. The van der Waals surface area contributed by atoms with Crippen molar-refractivity contribution in [2.24, 2.45) is 0 Å². The van der Waals surface area contributed by atoms with Crippen molar-refractivity contribution in [3.05, 3.63) is 24.4 Å². The molecule has 0 saturated carbocycles. The van der Waals surface area contributed by atoms with Gasteiger partial charge in [-0.1, -0.05) is 65.3 Å². The minimum atomic E-state index is -0.557. The highest BCUT2D eigenvalue weighted by Gasteiger charge is 2.32. The van der Waals surface area contributed by atoms with Gasteiger partial charge in [0.1, 0.15) is 5.03 Å². The summed E-state index contributed by atoms with van der Waals surface area (Å²) in [5.41, 5.74) is 0. The number of hydrogen-bond donors (Lipinski definition) is 0. The molecule has 0 aliphatic carbocycles. The Hall–Kier alpha value is -1.54. The second-order valence-corrected chi connectivity index (χ2v) is 7.40. The quantitative estimate of drug-likeness (QED) is 0.407. The van der Waals surface area contributed by atoms with Crippen LogP contribution in [0.25, 0.3) is 0 Å². The number of nitrogens with zero attached hydrogens (tertiary/aromatic N) is 2. The van der Waals surface area contributed by atoms with E-state index < -0.39 is 17.8 Å². The van der Waals surface area contributed by atoms with Crippen LogP contribution >= 0.6 is 21.6 Å². The smallest absolute Gasteiger partial charge is 0.330 e. The summed E-state index contributed by atoms with van der Waals surface area (Å²) in [6.45, 7) is 14.0. The largest absolute Gasteiger partial charge is 0.333 e. The van der Waals surface area contributed by atoms with Gasteiger partial charge in [-0.2, -0.15) is 0 Å². The SMILES string of the molecule is CC.CC.CC.CC(CCC(=O)ON1C(=O)CCC1=O)SSc1ccccn1. The van der Waals surface area contributed by atoms with Crippen molar-refractivity contribution in [1.29, 1.82) is 0 Å². The van der Waals surface area contributed by atoms with Crippen molar-refractivity contribution in [2.75, 3.05) is 0 Å². The first-order chi connectivity index (χ1) is 13.6. The molecule has 28 heavy (non-hydrogen) atoms. The zero-order valence-electron chi connectivity index (χ0n) is 18.1. The molecule has 2 rings (SSSR count).